The Morgan fingerprint density at radius 2 is 2.05 bits per heavy atom. The molecule has 0 radical (unpaired) electrons. The van der Waals surface area contributed by atoms with Crippen molar-refractivity contribution in [3.05, 3.63) is 34.4 Å². The molecule has 2 heterocycles. The van der Waals surface area contributed by atoms with Gasteiger partial charge < -0.3 is 0 Å². The SMILES string of the molecule is O=C(NNC(=O)C(F)F)c1cnc2c(F)cc(Br)cn12. The molecule has 2 rings (SSSR count). The quantitative estimate of drug-likeness (QED) is 0.800. The van der Waals surface area contributed by atoms with E-state index in [2.05, 4.69) is 20.9 Å². The summed E-state index contributed by atoms with van der Waals surface area (Å²) in [4.78, 5) is 26.0. The number of aromatic nitrogens is 2. The van der Waals surface area contributed by atoms with Crippen LogP contribution in [0.3, 0.4) is 0 Å². The lowest BCUT2D eigenvalue weighted by Crippen LogP contribution is -2.44. The van der Waals surface area contributed by atoms with E-state index in [1.807, 2.05) is 0 Å². The highest BCUT2D eigenvalue weighted by Gasteiger charge is 2.18. The van der Waals surface area contributed by atoms with Crippen molar-refractivity contribution in [3.8, 4) is 0 Å². The van der Waals surface area contributed by atoms with Gasteiger partial charge in [-0.1, -0.05) is 0 Å². The van der Waals surface area contributed by atoms with Crippen molar-refractivity contribution in [2.45, 2.75) is 6.43 Å². The number of hydrogen-bond acceptors (Lipinski definition) is 3. The van der Waals surface area contributed by atoms with Gasteiger partial charge in [0.25, 0.3) is 5.91 Å². The van der Waals surface area contributed by atoms with Crippen molar-refractivity contribution in [1.29, 1.82) is 0 Å². The number of pyridine rings is 1. The minimum atomic E-state index is -3.26. The van der Waals surface area contributed by atoms with Crippen LogP contribution in [0.2, 0.25) is 0 Å². The van der Waals surface area contributed by atoms with Gasteiger partial charge in [0.15, 0.2) is 11.5 Å². The van der Waals surface area contributed by atoms with Gasteiger partial charge in [0.1, 0.15) is 5.69 Å². The first-order valence-electron chi connectivity index (χ1n) is 5.10. The van der Waals surface area contributed by atoms with Crippen LogP contribution in [-0.2, 0) is 4.79 Å². The lowest BCUT2D eigenvalue weighted by molar-refractivity contribution is -0.132. The molecule has 0 aromatic carbocycles. The fourth-order valence-corrected chi connectivity index (χ4v) is 1.83. The van der Waals surface area contributed by atoms with Crippen molar-refractivity contribution < 1.29 is 22.8 Å². The molecular formula is C10H6BrF3N4O2. The molecule has 20 heavy (non-hydrogen) atoms. The number of carbonyl (C=O) groups excluding carboxylic acids is 2. The normalized spacial score (nSPS) is 10.8. The van der Waals surface area contributed by atoms with Crippen molar-refractivity contribution in [2.24, 2.45) is 0 Å². The molecule has 2 amide bonds. The van der Waals surface area contributed by atoms with E-state index in [1.165, 1.54) is 11.6 Å². The highest BCUT2D eigenvalue weighted by atomic mass is 79.9. The molecule has 0 saturated heterocycles. The second-order valence-electron chi connectivity index (χ2n) is 3.59. The maximum Gasteiger partial charge on any atom is 0.317 e. The first-order valence-corrected chi connectivity index (χ1v) is 5.90. The monoisotopic (exact) mass is 350 g/mol. The average molecular weight is 351 g/mol. The summed E-state index contributed by atoms with van der Waals surface area (Å²) in [6, 6.07) is 1.16. The van der Waals surface area contributed by atoms with Gasteiger partial charge in [-0.2, -0.15) is 8.78 Å². The number of nitrogens with zero attached hydrogens (tertiary/aromatic N) is 2. The van der Waals surface area contributed by atoms with E-state index in [9.17, 15) is 22.8 Å². The van der Waals surface area contributed by atoms with Crippen LogP contribution in [0.15, 0.2) is 22.9 Å². The number of amides is 2. The summed E-state index contributed by atoms with van der Waals surface area (Å²) in [7, 11) is 0. The zero-order valence-electron chi connectivity index (χ0n) is 9.53. The van der Waals surface area contributed by atoms with Gasteiger partial charge in [-0.15, -0.1) is 0 Å². The Labute approximate surface area is 118 Å². The minimum Gasteiger partial charge on any atom is -0.292 e. The molecule has 0 aliphatic heterocycles. The number of carbonyl (C=O) groups is 2. The Morgan fingerprint density at radius 3 is 2.70 bits per heavy atom. The molecule has 0 unspecified atom stereocenters. The van der Waals surface area contributed by atoms with E-state index in [-0.39, 0.29) is 11.3 Å². The summed E-state index contributed by atoms with van der Waals surface area (Å²) in [5.74, 6) is -3.24. The molecule has 2 aromatic heterocycles. The largest absolute Gasteiger partial charge is 0.317 e. The third-order valence-electron chi connectivity index (χ3n) is 2.26. The molecule has 0 fully saturated rings. The third-order valence-corrected chi connectivity index (χ3v) is 2.69. The average Bonchev–Trinajstić information content (AvgIpc) is 2.79. The number of hydrogen-bond donors (Lipinski definition) is 2. The zero-order valence-corrected chi connectivity index (χ0v) is 11.1. The van der Waals surface area contributed by atoms with Gasteiger partial charge in [0, 0.05) is 10.7 Å². The number of imidazole rings is 1. The lowest BCUT2D eigenvalue weighted by atomic mass is 10.4. The van der Waals surface area contributed by atoms with E-state index < -0.39 is 24.1 Å². The predicted octanol–water partition coefficient (Wildman–Crippen LogP) is 1.26. The molecule has 0 aliphatic carbocycles. The maximum absolute atomic E-state index is 13.5. The predicted molar refractivity (Wildman–Crippen MR) is 64.5 cm³/mol. The lowest BCUT2D eigenvalue weighted by Gasteiger charge is -2.06. The summed E-state index contributed by atoms with van der Waals surface area (Å²) in [5, 5.41) is 0. The van der Waals surface area contributed by atoms with E-state index in [0.717, 1.165) is 16.7 Å². The van der Waals surface area contributed by atoms with Gasteiger partial charge in [0.05, 0.1) is 6.20 Å². The highest BCUT2D eigenvalue weighted by Crippen LogP contribution is 2.17. The van der Waals surface area contributed by atoms with E-state index >= 15 is 0 Å². The summed E-state index contributed by atoms with van der Waals surface area (Å²) in [6.07, 6.45) is -0.840. The molecule has 10 heteroatoms. The highest BCUT2D eigenvalue weighted by molar-refractivity contribution is 9.10. The van der Waals surface area contributed by atoms with Gasteiger partial charge in [-0.3, -0.25) is 24.8 Å². The number of rotatable bonds is 2. The Morgan fingerprint density at radius 1 is 1.35 bits per heavy atom. The van der Waals surface area contributed by atoms with Crippen molar-refractivity contribution >= 4 is 33.4 Å². The smallest absolute Gasteiger partial charge is 0.292 e. The summed E-state index contributed by atoms with van der Waals surface area (Å²) in [6.45, 7) is 0. The second kappa shape index (κ2) is 5.49. The number of hydrazine groups is 1. The van der Waals surface area contributed by atoms with Gasteiger partial charge in [0.2, 0.25) is 0 Å². The molecule has 2 aromatic rings. The molecule has 0 atom stereocenters. The van der Waals surface area contributed by atoms with Crippen LogP contribution in [0.5, 0.6) is 0 Å². The van der Waals surface area contributed by atoms with Crippen LogP contribution >= 0.6 is 15.9 Å². The van der Waals surface area contributed by atoms with Crippen LogP contribution < -0.4 is 10.9 Å². The van der Waals surface area contributed by atoms with E-state index in [1.54, 1.807) is 5.43 Å². The van der Waals surface area contributed by atoms with Crippen molar-refractivity contribution in [3.63, 3.8) is 0 Å². The number of alkyl halides is 2. The summed E-state index contributed by atoms with van der Waals surface area (Å²) >= 11 is 3.04. The zero-order chi connectivity index (χ0) is 14.9. The Bertz CT molecular complexity index is 688. The fourth-order valence-electron chi connectivity index (χ4n) is 1.42. The molecular weight excluding hydrogens is 345 g/mol. The van der Waals surface area contributed by atoms with Crippen LogP contribution in [0.25, 0.3) is 5.65 Å². The number of nitrogens with one attached hydrogen (secondary N) is 2. The van der Waals surface area contributed by atoms with Crippen LogP contribution in [0.4, 0.5) is 13.2 Å². The third kappa shape index (κ3) is 2.74. The summed E-state index contributed by atoms with van der Waals surface area (Å²) in [5.41, 5.74) is 3.07. The van der Waals surface area contributed by atoms with Crippen LogP contribution in [0.1, 0.15) is 10.5 Å². The molecule has 6 nitrogen and oxygen atoms in total. The van der Waals surface area contributed by atoms with Crippen molar-refractivity contribution in [1.82, 2.24) is 20.2 Å². The molecule has 0 bridgehead atoms. The molecule has 0 spiro atoms. The molecule has 106 valence electrons. The summed E-state index contributed by atoms with van der Waals surface area (Å²) < 4.78 is 38.9. The first-order chi connectivity index (χ1) is 9.40. The topological polar surface area (TPSA) is 75.5 Å². The molecule has 2 N–H and O–H groups in total. The standard InChI is InChI=1S/C10H6BrF3N4O2/c11-4-1-5(12)8-15-2-6(18(8)3-4)9(19)16-17-10(20)7(13)14/h1-3,7H,(H,16,19)(H,17,20). The molecule has 0 aliphatic rings. The molecule has 0 saturated carbocycles. The maximum atomic E-state index is 13.5. The number of fused-ring (bicyclic) bond motifs is 1. The van der Waals surface area contributed by atoms with Gasteiger partial charge >= 0.3 is 12.3 Å². The Hall–Kier alpha value is -2.10. The minimum absolute atomic E-state index is 0.112. The van der Waals surface area contributed by atoms with Gasteiger partial charge in [-0.25, -0.2) is 9.37 Å². The van der Waals surface area contributed by atoms with Crippen LogP contribution in [-0.4, -0.2) is 27.6 Å². The van der Waals surface area contributed by atoms with E-state index in [4.69, 9.17) is 0 Å². The van der Waals surface area contributed by atoms with Crippen LogP contribution in [0, 0.1) is 5.82 Å². The van der Waals surface area contributed by atoms with E-state index in [0.29, 0.717) is 4.47 Å². The van der Waals surface area contributed by atoms with Gasteiger partial charge in [-0.05, 0) is 22.0 Å². The second-order valence-corrected chi connectivity index (χ2v) is 4.50. The Kier molecular flexibility index (Phi) is 3.93. The number of halogens is 4. The Balaban J connectivity index is 2.25. The fraction of sp³-hybridized carbons (Fsp3) is 0.100. The van der Waals surface area contributed by atoms with Crippen molar-refractivity contribution in [2.75, 3.05) is 0 Å². The first kappa shape index (κ1) is 14.3.